The predicted molar refractivity (Wildman–Crippen MR) is 76.5 cm³/mol. The Morgan fingerprint density at radius 2 is 2.05 bits per heavy atom. The average Bonchev–Trinajstić information content (AvgIpc) is 2.84. The Kier molecular flexibility index (Phi) is 5.20. The minimum absolute atomic E-state index is 0.0566. The number of carbonyl (C=O) groups excluding carboxylic acids is 1. The maximum Gasteiger partial charge on any atom is 0.160 e. The molecule has 1 aromatic heterocycles. The van der Waals surface area contributed by atoms with E-state index in [-0.39, 0.29) is 18.1 Å². The van der Waals surface area contributed by atoms with Gasteiger partial charge in [0.25, 0.3) is 0 Å². The van der Waals surface area contributed by atoms with Gasteiger partial charge in [0.05, 0.1) is 6.54 Å². The molecule has 20 heavy (non-hydrogen) atoms. The van der Waals surface area contributed by atoms with Crippen molar-refractivity contribution in [3.05, 3.63) is 54.1 Å². The van der Waals surface area contributed by atoms with Crippen molar-refractivity contribution in [2.45, 2.75) is 25.1 Å². The molecule has 0 spiro atoms. The van der Waals surface area contributed by atoms with Crippen LogP contribution >= 0.6 is 0 Å². The van der Waals surface area contributed by atoms with Crippen molar-refractivity contribution < 1.29 is 13.6 Å². The number of aromatic nitrogens is 2. The summed E-state index contributed by atoms with van der Waals surface area (Å²) in [6.45, 7) is 0.194. The second-order valence-corrected chi connectivity index (χ2v) is 5.39. The number of ketones is 1. The van der Waals surface area contributed by atoms with E-state index in [0.717, 1.165) is 5.56 Å². The number of hydrogen-bond donors (Lipinski definition) is 1. The van der Waals surface area contributed by atoms with E-state index in [0.29, 0.717) is 18.7 Å². The summed E-state index contributed by atoms with van der Waals surface area (Å²) < 4.78 is 21.3. The van der Waals surface area contributed by atoms with Crippen LogP contribution in [0.3, 0.4) is 0 Å². The highest BCUT2D eigenvalue weighted by Crippen LogP contribution is 2.06. The zero-order valence-corrected chi connectivity index (χ0v) is 11.8. The second kappa shape index (κ2) is 7.12. The van der Waals surface area contributed by atoms with Gasteiger partial charge < -0.3 is 9.12 Å². The molecule has 0 radical (unpaired) electrons. The Hall–Kier alpha value is -1.79. The fourth-order valence-electron chi connectivity index (χ4n) is 1.93. The largest absolute Gasteiger partial charge is 0.327 e. The SMILES string of the molecule is O=C(CCc1ccccc1)Cn1ccnc1CS(=O)O. The smallest absolute Gasteiger partial charge is 0.160 e. The molecule has 1 aromatic carbocycles. The molecule has 2 rings (SSSR count). The Morgan fingerprint density at radius 1 is 1.30 bits per heavy atom. The van der Waals surface area contributed by atoms with Crippen LogP contribution in [0.1, 0.15) is 17.8 Å². The number of carbonyl (C=O) groups is 1. The van der Waals surface area contributed by atoms with Crippen molar-refractivity contribution in [3.8, 4) is 0 Å². The van der Waals surface area contributed by atoms with Gasteiger partial charge in [0.1, 0.15) is 11.6 Å². The van der Waals surface area contributed by atoms with Gasteiger partial charge in [-0.3, -0.25) is 4.79 Å². The molecule has 1 atom stereocenters. The molecule has 5 nitrogen and oxygen atoms in total. The molecule has 0 saturated carbocycles. The zero-order chi connectivity index (χ0) is 14.4. The van der Waals surface area contributed by atoms with Crippen molar-refractivity contribution in [2.75, 3.05) is 0 Å². The van der Waals surface area contributed by atoms with E-state index in [1.807, 2.05) is 30.3 Å². The highest BCUT2D eigenvalue weighted by molar-refractivity contribution is 7.78. The lowest BCUT2D eigenvalue weighted by atomic mass is 10.1. The third-order valence-electron chi connectivity index (χ3n) is 2.94. The Labute approximate surface area is 119 Å². The van der Waals surface area contributed by atoms with E-state index in [4.69, 9.17) is 4.55 Å². The lowest BCUT2D eigenvalue weighted by Gasteiger charge is -2.06. The van der Waals surface area contributed by atoms with Gasteiger partial charge in [-0.1, -0.05) is 30.3 Å². The second-order valence-electron chi connectivity index (χ2n) is 4.46. The van der Waals surface area contributed by atoms with E-state index < -0.39 is 11.1 Å². The average molecular weight is 292 g/mol. The standard InChI is InChI=1S/C14H16N2O3S/c17-13(7-6-12-4-2-1-3-5-12)10-16-9-8-15-14(16)11-20(18)19/h1-5,8-9H,6-7,10-11H2,(H,18,19). The number of imidazole rings is 1. The van der Waals surface area contributed by atoms with Crippen molar-refractivity contribution in [2.24, 2.45) is 0 Å². The van der Waals surface area contributed by atoms with Gasteiger partial charge in [-0.15, -0.1) is 0 Å². The normalized spacial score (nSPS) is 12.2. The summed E-state index contributed by atoms with van der Waals surface area (Å²) in [5, 5.41) is 0. The summed E-state index contributed by atoms with van der Waals surface area (Å²) in [7, 11) is 0. The lowest BCUT2D eigenvalue weighted by Crippen LogP contribution is -2.14. The summed E-state index contributed by atoms with van der Waals surface area (Å²) in [5.41, 5.74) is 1.13. The quantitative estimate of drug-likeness (QED) is 0.790. The number of rotatable bonds is 7. The molecule has 0 aliphatic heterocycles. The van der Waals surface area contributed by atoms with Crippen molar-refractivity contribution in [1.29, 1.82) is 0 Å². The van der Waals surface area contributed by atoms with Crippen LogP contribution in [0.4, 0.5) is 0 Å². The van der Waals surface area contributed by atoms with E-state index in [1.54, 1.807) is 10.8 Å². The van der Waals surface area contributed by atoms with Crippen LogP contribution in [0.2, 0.25) is 0 Å². The molecule has 0 aliphatic carbocycles. The third kappa shape index (κ3) is 4.40. The summed E-state index contributed by atoms with van der Waals surface area (Å²) in [6.07, 6.45) is 4.34. The molecule has 6 heteroatoms. The van der Waals surface area contributed by atoms with Gasteiger partial charge in [-0.05, 0) is 12.0 Å². The van der Waals surface area contributed by atoms with Crippen molar-refractivity contribution in [1.82, 2.24) is 9.55 Å². The van der Waals surface area contributed by atoms with E-state index in [1.165, 1.54) is 6.20 Å². The molecule has 1 unspecified atom stereocenters. The number of Topliss-reactive ketones (excluding diaryl/α,β-unsaturated/α-hetero) is 1. The van der Waals surface area contributed by atoms with Gasteiger partial charge in [0, 0.05) is 18.8 Å². The third-order valence-corrected chi connectivity index (χ3v) is 3.44. The number of hydrogen-bond acceptors (Lipinski definition) is 3. The summed E-state index contributed by atoms with van der Waals surface area (Å²) in [4.78, 5) is 15.9. The first kappa shape index (κ1) is 14.6. The van der Waals surface area contributed by atoms with E-state index in [2.05, 4.69) is 4.98 Å². The molecule has 106 valence electrons. The topological polar surface area (TPSA) is 72.2 Å². The predicted octanol–water partition coefficient (Wildman–Crippen LogP) is 1.81. The summed E-state index contributed by atoms with van der Waals surface area (Å²) in [5.74, 6) is 0.481. The number of nitrogens with zero attached hydrogens (tertiary/aromatic N) is 2. The molecular weight excluding hydrogens is 276 g/mol. The molecule has 0 aliphatic rings. The Bertz CT molecular complexity index is 595. The first-order valence-electron chi connectivity index (χ1n) is 6.28. The molecule has 0 saturated heterocycles. The van der Waals surface area contributed by atoms with E-state index >= 15 is 0 Å². The molecule has 0 bridgehead atoms. The van der Waals surface area contributed by atoms with Crippen LogP contribution in [-0.2, 0) is 34.6 Å². The summed E-state index contributed by atoms with van der Waals surface area (Å²) >= 11 is -1.95. The highest BCUT2D eigenvalue weighted by Gasteiger charge is 2.10. The number of benzene rings is 1. The number of aryl methyl sites for hydroxylation is 1. The molecule has 0 amide bonds. The van der Waals surface area contributed by atoms with Gasteiger partial charge in [0.15, 0.2) is 16.9 Å². The Morgan fingerprint density at radius 3 is 2.75 bits per heavy atom. The maximum atomic E-state index is 11.9. The first-order chi connectivity index (χ1) is 9.65. The zero-order valence-electron chi connectivity index (χ0n) is 10.9. The monoisotopic (exact) mass is 292 g/mol. The maximum absolute atomic E-state index is 11.9. The molecule has 0 fully saturated rings. The fraction of sp³-hybridized carbons (Fsp3) is 0.286. The summed E-state index contributed by atoms with van der Waals surface area (Å²) in [6, 6.07) is 9.82. The fourth-order valence-corrected chi connectivity index (χ4v) is 2.39. The highest BCUT2D eigenvalue weighted by atomic mass is 32.2. The van der Waals surface area contributed by atoms with Crippen molar-refractivity contribution >= 4 is 16.9 Å². The molecule has 1 N–H and O–H groups in total. The van der Waals surface area contributed by atoms with E-state index in [9.17, 15) is 9.00 Å². The van der Waals surface area contributed by atoms with Gasteiger partial charge in [-0.25, -0.2) is 9.19 Å². The molecular formula is C14H16N2O3S. The van der Waals surface area contributed by atoms with Gasteiger partial charge in [0.2, 0.25) is 0 Å². The van der Waals surface area contributed by atoms with Crippen LogP contribution in [0.5, 0.6) is 0 Å². The van der Waals surface area contributed by atoms with Crippen LogP contribution in [0, 0.1) is 0 Å². The van der Waals surface area contributed by atoms with Crippen LogP contribution in [-0.4, -0.2) is 24.1 Å². The van der Waals surface area contributed by atoms with Crippen LogP contribution < -0.4 is 0 Å². The van der Waals surface area contributed by atoms with Gasteiger partial charge in [-0.2, -0.15) is 0 Å². The van der Waals surface area contributed by atoms with Crippen molar-refractivity contribution in [3.63, 3.8) is 0 Å². The Balaban J connectivity index is 1.88. The van der Waals surface area contributed by atoms with Crippen LogP contribution in [0.15, 0.2) is 42.7 Å². The molecule has 2 aromatic rings. The lowest BCUT2D eigenvalue weighted by molar-refractivity contribution is -0.119. The first-order valence-corrected chi connectivity index (χ1v) is 7.56. The minimum atomic E-state index is -1.95. The van der Waals surface area contributed by atoms with Crippen LogP contribution in [0.25, 0.3) is 0 Å². The van der Waals surface area contributed by atoms with Gasteiger partial charge >= 0.3 is 0 Å². The minimum Gasteiger partial charge on any atom is -0.327 e. The molecule has 1 heterocycles.